The van der Waals surface area contributed by atoms with Crippen molar-refractivity contribution in [2.75, 3.05) is 6.61 Å². The minimum atomic E-state index is -1.99. The van der Waals surface area contributed by atoms with Crippen LogP contribution in [0.5, 0.6) is 0 Å². The van der Waals surface area contributed by atoms with Crippen LogP contribution >= 0.6 is 15.9 Å². The molecule has 0 amide bonds. The highest BCUT2D eigenvalue weighted by Crippen LogP contribution is 2.40. The van der Waals surface area contributed by atoms with E-state index in [0.717, 1.165) is 0 Å². The van der Waals surface area contributed by atoms with Crippen LogP contribution in [-0.4, -0.2) is 41.4 Å². The second kappa shape index (κ2) is 8.19. The van der Waals surface area contributed by atoms with E-state index < -0.39 is 34.8 Å². The van der Waals surface area contributed by atoms with E-state index in [-0.39, 0.29) is 6.61 Å². The molecule has 0 radical (unpaired) electrons. The van der Waals surface area contributed by atoms with Crippen LogP contribution in [0, 0.1) is 0 Å². The van der Waals surface area contributed by atoms with E-state index in [1.807, 2.05) is 0 Å². The molecule has 0 aromatic heterocycles. The SMILES string of the molecule is C[C@@]1(F)[C@H](OC(=O)c2ccccc2)[C@@H](COC(=O)c2ccccc2)O[C@@H]1Br. The number of carbonyl (C=O) groups excluding carboxylic acids is 2. The number of benzene rings is 2. The van der Waals surface area contributed by atoms with Gasteiger partial charge < -0.3 is 14.2 Å². The number of carbonyl (C=O) groups is 2. The molecular weight excluding hydrogens is 419 g/mol. The molecule has 1 heterocycles. The minimum absolute atomic E-state index is 0.248. The van der Waals surface area contributed by atoms with Crippen molar-refractivity contribution in [2.45, 2.75) is 29.8 Å². The summed E-state index contributed by atoms with van der Waals surface area (Å²) in [6.07, 6.45) is -2.18. The molecule has 1 aliphatic rings. The van der Waals surface area contributed by atoms with E-state index in [4.69, 9.17) is 14.2 Å². The van der Waals surface area contributed by atoms with E-state index in [9.17, 15) is 9.59 Å². The van der Waals surface area contributed by atoms with Gasteiger partial charge in [-0.05, 0) is 31.2 Å². The van der Waals surface area contributed by atoms with Crippen LogP contribution in [0.4, 0.5) is 4.39 Å². The van der Waals surface area contributed by atoms with E-state index in [1.54, 1.807) is 60.7 Å². The van der Waals surface area contributed by atoms with Gasteiger partial charge in [0.15, 0.2) is 16.8 Å². The van der Waals surface area contributed by atoms with Gasteiger partial charge in [0.2, 0.25) is 0 Å². The Morgan fingerprint density at radius 1 is 1.04 bits per heavy atom. The molecule has 1 aliphatic heterocycles. The molecule has 27 heavy (non-hydrogen) atoms. The molecule has 1 fully saturated rings. The highest BCUT2D eigenvalue weighted by molar-refractivity contribution is 9.09. The monoisotopic (exact) mass is 436 g/mol. The van der Waals surface area contributed by atoms with Crippen molar-refractivity contribution in [3.63, 3.8) is 0 Å². The lowest BCUT2D eigenvalue weighted by atomic mass is 10.0. The molecule has 0 aliphatic carbocycles. The molecule has 142 valence electrons. The third-order valence-corrected chi connectivity index (χ3v) is 5.37. The zero-order valence-electron chi connectivity index (χ0n) is 14.5. The van der Waals surface area contributed by atoms with Crippen molar-refractivity contribution in [1.29, 1.82) is 0 Å². The lowest BCUT2D eigenvalue weighted by molar-refractivity contribution is -0.0422. The van der Waals surface area contributed by atoms with E-state index >= 15 is 4.39 Å². The summed E-state index contributed by atoms with van der Waals surface area (Å²) in [6.45, 7) is 1.02. The Kier molecular flexibility index (Phi) is 5.92. The molecule has 1 saturated heterocycles. The number of ether oxygens (including phenoxy) is 3. The Bertz CT molecular complexity index is 797. The summed E-state index contributed by atoms with van der Waals surface area (Å²) in [6, 6.07) is 16.7. The molecule has 0 unspecified atom stereocenters. The van der Waals surface area contributed by atoms with Crippen molar-refractivity contribution in [3.05, 3.63) is 71.8 Å². The fraction of sp³-hybridized carbons (Fsp3) is 0.300. The van der Waals surface area contributed by atoms with Crippen LogP contribution in [0.15, 0.2) is 60.7 Å². The minimum Gasteiger partial charge on any atom is -0.459 e. The highest BCUT2D eigenvalue weighted by Gasteiger charge is 2.56. The molecular formula is C20H18BrFO5. The molecule has 3 rings (SSSR count). The first kappa shape index (κ1) is 19.5. The average molecular weight is 437 g/mol. The first-order valence-electron chi connectivity index (χ1n) is 8.36. The first-order chi connectivity index (χ1) is 12.9. The summed E-state index contributed by atoms with van der Waals surface area (Å²) in [7, 11) is 0. The number of esters is 2. The lowest BCUT2D eigenvalue weighted by Gasteiger charge is -2.25. The maximum atomic E-state index is 15.1. The fourth-order valence-electron chi connectivity index (χ4n) is 2.74. The van der Waals surface area contributed by atoms with Crippen LogP contribution in [0.1, 0.15) is 27.6 Å². The summed E-state index contributed by atoms with van der Waals surface area (Å²) in [4.78, 5) is 24.4. The lowest BCUT2D eigenvalue weighted by Crippen LogP contribution is -2.44. The molecule has 0 bridgehead atoms. The van der Waals surface area contributed by atoms with E-state index in [2.05, 4.69) is 15.9 Å². The van der Waals surface area contributed by atoms with E-state index in [0.29, 0.717) is 11.1 Å². The Morgan fingerprint density at radius 3 is 2.11 bits per heavy atom. The third kappa shape index (κ3) is 4.36. The predicted molar refractivity (Wildman–Crippen MR) is 99.5 cm³/mol. The molecule has 0 N–H and O–H groups in total. The van der Waals surface area contributed by atoms with Gasteiger partial charge in [-0.15, -0.1) is 0 Å². The van der Waals surface area contributed by atoms with Crippen molar-refractivity contribution in [1.82, 2.24) is 0 Å². The maximum Gasteiger partial charge on any atom is 0.338 e. The summed E-state index contributed by atoms with van der Waals surface area (Å²) >= 11 is 3.11. The van der Waals surface area contributed by atoms with Crippen LogP contribution in [0.2, 0.25) is 0 Å². The Hall–Kier alpha value is -2.25. The van der Waals surface area contributed by atoms with E-state index in [1.165, 1.54) is 6.92 Å². The van der Waals surface area contributed by atoms with Gasteiger partial charge in [0, 0.05) is 0 Å². The second-order valence-corrected chi connectivity index (χ2v) is 7.13. The Balaban J connectivity index is 1.69. The molecule has 2 aromatic rings. The van der Waals surface area contributed by atoms with Gasteiger partial charge in [-0.25, -0.2) is 14.0 Å². The predicted octanol–water partition coefficient (Wildman–Crippen LogP) is 3.92. The van der Waals surface area contributed by atoms with Crippen LogP contribution in [0.25, 0.3) is 0 Å². The van der Waals surface area contributed by atoms with Gasteiger partial charge >= 0.3 is 11.9 Å². The Morgan fingerprint density at radius 2 is 1.56 bits per heavy atom. The van der Waals surface area contributed by atoms with Gasteiger partial charge in [-0.1, -0.05) is 52.3 Å². The maximum absolute atomic E-state index is 15.1. The Labute approximate surface area is 164 Å². The third-order valence-electron chi connectivity index (χ3n) is 4.26. The summed E-state index contributed by atoms with van der Waals surface area (Å²) in [5.74, 6) is -1.24. The molecule has 5 nitrogen and oxygen atoms in total. The standard InChI is InChI=1S/C20H18BrFO5/c1-20(22)16(27-18(24)14-10-6-3-7-11-14)15(26-19(20)21)12-25-17(23)13-8-4-2-5-9-13/h2-11,15-16,19H,12H2,1H3/t15-,16-,19+,20-/m1/s1. The molecule has 2 aromatic carbocycles. The number of alkyl halides is 2. The van der Waals surface area contributed by atoms with Gasteiger partial charge in [-0.3, -0.25) is 0 Å². The number of hydrogen-bond donors (Lipinski definition) is 0. The molecule has 0 saturated carbocycles. The first-order valence-corrected chi connectivity index (χ1v) is 9.28. The highest BCUT2D eigenvalue weighted by atomic mass is 79.9. The summed E-state index contributed by atoms with van der Waals surface area (Å²) in [5, 5.41) is -1.00. The zero-order valence-corrected chi connectivity index (χ0v) is 16.1. The normalized spacial score (nSPS) is 27.1. The fourth-order valence-corrected chi connectivity index (χ4v) is 3.28. The quantitative estimate of drug-likeness (QED) is 0.525. The van der Waals surface area contributed by atoms with Crippen molar-refractivity contribution in [2.24, 2.45) is 0 Å². The number of halogens is 2. The van der Waals surface area contributed by atoms with Gasteiger partial charge in [0.05, 0.1) is 11.1 Å². The van der Waals surface area contributed by atoms with Crippen LogP contribution < -0.4 is 0 Å². The topological polar surface area (TPSA) is 61.8 Å². The van der Waals surface area contributed by atoms with Crippen molar-refractivity contribution < 1.29 is 28.2 Å². The second-order valence-electron chi connectivity index (χ2n) is 6.30. The average Bonchev–Trinajstić information content (AvgIpc) is 2.90. The number of hydrogen-bond acceptors (Lipinski definition) is 5. The molecule has 7 heteroatoms. The van der Waals surface area contributed by atoms with Crippen molar-refractivity contribution >= 4 is 27.9 Å². The number of rotatable bonds is 5. The van der Waals surface area contributed by atoms with Crippen LogP contribution in [-0.2, 0) is 14.2 Å². The summed E-state index contributed by atoms with van der Waals surface area (Å²) < 4.78 is 31.2. The van der Waals surface area contributed by atoms with Crippen LogP contribution in [0.3, 0.4) is 0 Å². The molecule has 4 atom stereocenters. The largest absolute Gasteiger partial charge is 0.459 e. The van der Waals surface area contributed by atoms with Gasteiger partial charge in [-0.2, -0.15) is 0 Å². The zero-order chi connectivity index (χ0) is 19.4. The van der Waals surface area contributed by atoms with Crippen molar-refractivity contribution in [3.8, 4) is 0 Å². The van der Waals surface area contributed by atoms with Gasteiger partial charge in [0.1, 0.15) is 12.7 Å². The molecule has 0 spiro atoms. The van der Waals surface area contributed by atoms with Gasteiger partial charge in [0.25, 0.3) is 0 Å². The smallest absolute Gasteiger partial charge is 0.338 e. The summed E-state index contributed by atoms with van der Waals surface area (Å²) in [5.41, 5.74) is -1.33.